The molecule has 0 unspecified atom stereocenters. The van der Waals surface area contributed by atoms with Crippen molar-refractivity contribution in [3.63, 3.8) is 0 Å². The van der Waals surface area contributed by atoms with Gasteiger partial charge in [-0.15, -0.1) is 0 Å². The molecule has 4 nitrogen and oxygen atoms in total. The lowest BCUT2D eigenvalue weighted by atomic mass is 10.4. The summed E-state index contributed by atoms with van der Waals surface area (Å²) in [5.41, 5.74) is 7.67. The zero-order chi connectivity index (χ0) is 12.4. The fourth-order valence-electron chi connectivity index (χ4n) is 1.50. The molecule has 5 heteroatoms. The van der Waals surface area contributed by atoms with Gasteiger partial charge in [-0.25, -0.2) is 4.98 Å². The summed E-state index contributed by atoms with van der Waals surface area (Å²) in [5, 5.41) is 6.35. The Kier molecular flexibility index (Phi) is 3.38. The van der Waals surface area contributed by atoms with E-state index in [1.165, 1.54) is 0 Å². The van der Waals surface area contributed by atoms with Crippen molar-refractivity contribution >= 4 is 17.4 Å². The Morgan fingerprint density at radius 2 is 2.12 bits per heavy atom. The third-order valence-corrected chi connectivity index (χ3v) is 3.47. The maximum absolute atomic E-state index is 6.06. The lowest BCUT2D eigenvalue weighted by Crippen LogP contribution is -2.04. The lowest BCUT2D eigenvalue weighted by Gasteiger charge is -2.10. The number of hydrogen-bond donors (Lipinski definition) is 1. The molecule has 2 aromatic heterocycles. The molecule has 2 heterocycles. The van der Waals surface area contributed by atoms with Gasteiger partial charge in [-0.1, -0.05) is 6.07 Å². The number of anilines is 1. The van der Waals surface area contributed by atoms with Gasteiger partial charge in [-0.2, -0.15) is 5.10 Å². The average Bonchev–Trinajstić information content (AvgIpc) is 2.59. The minimum atomic E-state index is 0.289. The van der Waals surface area contributed by atoms with Crippen LogP contribution < -0.4 is 5.73 Å². The van der Waals surface area contributed by atoms with Crippen molar-refractivity contribution in [3.8, 4) is 0 Å². The Labute approximate surface area is 105 Å². The molecule has 2 rings (SSSR count). The number of hydrogen-bond acceptors (Lipinski definition) is 4. The second-order valence-corrected chi connectivity index (χ2v) is 5.12. The van der Waals surface area contributed by atoms with Gasteiger partial charge in [0, 0.05) is 12.2 Å². The molecule has 2 N–H and O–H groups in total. The van der Waals surface area contributed by atoms with Crippen LogP contribution in [-0.2, 0) is 0 Å². The molecule has 17 heavy (non-hydrogen) atoms. The van der Waals surface area contributed by atoms with Crippen LogP contribution in [0.1, 0.15) is 25.6 Å². The largest absolute Gasteiger partial charge is 0.395 e. The minimum absolute atomic E-state index is 0.289. The minimum Gasteiger partial charge on any atom is -0.395 e. The highest BCUT2D eigenvalue weighted by molar-refractivity contribution is 7.99. The summed E-state index contributed by atoms with van der Waals surface area (Å²) in [6, 6.07) is 6.13. The number of rotatable bonds is 3. The highest BCUT2D eigenvalue weighted by atomic mass is 32.2. The molecule has 0 bridgehead atoms. The van der Waals surface area contributed by atoms with Crippen molar-refractivity contribution in [2.45, 2.75) is 36.9 Å². The Balaban J connectivity index is 2.38. The summed E-state index contributed by atoms with van der Waals surface area (Å²) < 4.78 is 1.95. The third-order valence-electron chi connectivity index (χ3n) is 2.41. The van der Waals surface area contributed by atoms with Crippen LogP contribution in [0.15, 0.2) is 34.4 Å². The summed E-state index contributed by atoms with van der Waals surface area (Å²) in [4.78, 5) is 4.29. The van der Waals surface area contributed by atoms with Gasteiger partial charge in [-0.3, -0.25) is 4.68 Å². The van der Waals surface area contributed by atoms with Gasteiger partial charge < -0.3 is 5.73 Å². The first-order valence-electron chi connectivity index (χ1n) is 5.53. The number of aromatic nitrogens is 3. The van der Waals surface area contributed by atoms with Crippen LogP contribution in [0.25, 0.3) is 0 Å². The van der Waals surface area contributed by atoms with E-state index in [0.29, 0.717) is 0 Å². The first-order valence-corrected chi connectivity index (χ1v) is 6.34. The fourth-order valence-corrected chi connectivity index (χ4v) is 2.56. The molecule has 0 radical (unpaired) electrons. The maximum Gasteiger partial charge on any atom is 0.124 e. The number of aryl methyl sites for hydroxylation is 1. The Morgan fingerprint density at radius 1 is 1.35 bits per heavy atom. The van der Waals surface area contributed by atoms with Gasteiger partial charge >= 0.3 is 0 Å². The predicted molar refractivity (Wildman–Crippen MR) is 70.1 cm³/mol. The molecule has 0 saturated carbocycles. The lowest BCUT2D eigenvalue weighted by molar-refractivity contribution is 0.491. The normalized spacial score (nSPS) is 11.1. The molecule has 0 aliphatic rings. The molecule has 0 saturated heterocycles. The number of nitrogens with two attached hydrogens (primary N) is 1. The van der Waals surface area contributed by atoms with Gasteiger partial charge in [0.1, 0.15) is 10.1 Å². The van der Waals surface area contributed by atoms with Crippen molar-refractivity contribution in [1.29, 1.82) is 0 Å². The molecular weight excluding hydrogens is 232 g/mol. The van der Waals surface area contributed by atoms with E-state index in [1.54, 1.807) is 18.0 Å². The number of pyridine rings is 1. The predicted octanol–water partition coefficient (Wildman–Crippen LogP) is 2.90. The molecule has 0 spiro atoms. The van der Waals surface area contributed by atoms with E-state index in [4.69, 9.17) is 5.73 Å². The van der Waals surface area contributed by atoms with E-state index in [1.807, 2.05) is 29.8 Å². The van der Waals surface area contributed by atoms with E-state index >= 15 is 0 Å². The van der Waals surface area contributed by atoms with Crippen LogP contribution >= 0.6 is 11.8 Å². The molecule has 0 fully saturated rings. The SMILES string of the molecule is Cc1nn(C(C)C)c(Sc2ccccn2)c1N. The highest BCUT2D eigenvalue weighted by Crippen LogP contribution is 2.34. The van der Waals surface area contributed by atoms with Gasteiger partial charge in [0.25, 0.3) is 0 Å². The fraction of sp³-hybridized carbons (Fsp3) is 0.333. The van der Waals surface area contributed by atoms with E-state index in [-0.39, 0.29) is 6.04 Å². The Hall–Kier alpha value is -1.49. The molecule has 0 amide bonds. The second-order valence-electron chi connectivity index (χ2n) is 4.11. The van der Waals surface area contributed by atoms with Gasteiger partial charge in [0.05, 0.1) is 11.4 Å². The molecule has 0 aliphatic carbocycles. The van der Waals surface area contributed by atoms with Crippen LogP contribution in [-0.4, -0.2) is 14.8 Å². The molecule has 2 aromatic rings. The second kappa shape index (κ2) is 4.79. The van der Waals surface area contributed by atoms with Crippen LogP contribution in [0.4, 0.5) is 5.69 Å². The first kappa shape index (κ1) is 12.0. The van der Waals surface area contributed by atoms with Crippen molar-refractivity contribution in [2.24, 2.45) is 0 Å². The Bertz CT molecular complexity index is 505. The zero-order valence-electron chi connectivity index (χ0n) is 10.2. The summed E-state index contributed by atoms with van der Waals surface area (Å²) >= 11 is 1.55. The van der Waals surface area contributed by atoms with Crippen LogP contribution in [0.3, 0.4) is 0 Å². The van der Waals surface area contributed by atoms with Crippen molar-refractivity contribution in [3.05, 3.63) is 30.1 Å². The van der Waals surface area contributed by atoms with E-state index in [9.17, 15) is 0 Å². The average molecular weight is 248 g/mol. The van der Waals surface area contributed by atoms with Crippen molar-refractivity contribution < 1.29 is 0 Å². The molecule has 0 aliphatic heterocycles. The topological polar surface area (TPSA) is 56.7 Å². The van der Waals surface area contributed by atoms with E-state index < -0.39 is 0 Å². The summed E-state index contributed by atoms with van der Waals surface area (Å²) in [7, 11) is 0. The molecular formula is C12H16N4S. The molecule has 90 valence electrons. The summed E-state index contributed by atoms with van der Waals surface area (Å²) in [5.74, 6) is 0. The number of nitrogens with zero attached hydrogens (tertiary/aromatic N) is 3. The van der Waals surface area contributed by atoms with Gasteiger partial charge in [0.15, 0.2) is 0 Å². The zero-order valence-corrected chi connectivity index (χ0v) is 11.0. The monoisotopic (exact) mass is 248 g/mol. The standard InChI is InChI=1S/C12H16N4S/c1-8(2)16-12(11(13)9(3)15-16)17-10-6-4-5-7-14-10/h4-8H,13H2,1-3H3. The maximum atomic E-state index is 6.06. The van der Waals surface area contributed by atoms with Crippen LogP contribution in [0.5, 0.6) is 0 Å². The highest BCUT2D eigenvalue weighted by Gasteiger charge is 2.16. The van der Waals surface area contributed by atoms with E-state index in [2.05, 4.69) is 23.9 Å². The summed E-state index contributed by atoms with van der Waals surface area (Å²) in [6.07, 6.45) is 1.78. The van der Waals surface area contributed by atoms with Crippen molar-refractivity contribution in [2.75, 3.05) is 5.73 Å². The van der Waals surface area contributed by atoms with Crippen LogP contribution in [0.2, 0.25) is 0 Å². The third kappa shape index (κ3) is 2.44. The van der Waals surface area contributed by atoms with E-state index in [0.717, 1.165) is 21.4 Å². The smallest absolute Gasteiger partial charge is 0.124 e. The number of nitrogen functional groups attached to an aromatic ring is 1. The Morgan fingerprint density at radius 3 is 2.71 bits per heavy atom. The van der Waals surface area contributed by atoms with Crippen molar-refractivity contribution in [1.82, 2.24) is 14.8 Å². The summed E-state index contributed by atoms with van der Waals surface area (Å²) in [6.45, 7) is 6.11. The molecule has 0 atom stereocenters. The molecule has 0 aromatic carbocycles. The quantitative estimate of drug-likeness (QED) is 0.907. The van der Waals surface area contributed by atoms with Crippen LogP contribution in [0, 0.1) is 6.92 Å². The first-order chi connectivity index (χ1) is 8.09. The van der Waals surface area contributed by atoms with Gasteiger partial charge in [0.2, 0.25) is 0 Å². The van der Waals surface area contributed by atoms with Gasteiger partial charge in [-0.05, 0) is 44.7 Å².